The lowest BCUT2D eigenvalue weighted by Gasteiger charge is -2.33. The second-order valence-electron chi connectivity index (χ2n) is 5.61. The molecule has 18 heavy (non-hydrogen) atoms. The first-order valence-electron chi connectivity index (χ1n) is 6.64. The highest BCUT2D eigenvalue weighted by atomic mass is 79.9. The van der Waals surface area contributed by atoms with Gasteiger partial charge in [-0.3, -0.25) is 5.32 Å². The smallest absolute Gasteiger partial charge is 0.111 e. The minimum absolute atomic E-state index is 0.330. The number of fused-ring (bicyclic) bond motifs is 1. The number of nitrogens with one attached hydrogen (secondary N) is 1. The van der Waals surface area contributed by atoms with Gasteiger partial charge in [-0.15, -0.1) is 0 Å². The molecule has 0 saturated heterocycles. The molecule has 94 valence electrons. The first-order valence-corrected chi connectivity index (χ1v) is 7.44. The van der Waals surface area contributed by atoms with E-state index >= 15 is 0 Å². The lowest BCUT2D eigenvalue weighted by Crippen LogP contribution is -2.49. The lowest BCUT2D eigenvalue weighted by atomic mass is 9.79. The predicted molar refractivity (Wildman–Crippen MR) is 75.2 cm³/mol. The number of benzene rings is 1. The average molecular weight is 305 g/mol. The minimum Gasteiger partial charge on any atom is -0.299 e. The summed E-state index contributed by atoms with van der Waals surface area (Å²) in [5.41, 5.74) is 2.39. The number of nitriles is 1. The zero-order chi connectivity index (χ0) is 12.6. The van der Waals surface area contributed by atoms with Crippen LogP contribution in [-0.2, 0) is 12.8 Å². The maximum Gasteiger partial charge on any atom is 0.111 e. The first-order chi connectivity index (χ1) is 8.71. The van der Waals surface area contributed by atoms with Gasteiger partial charge in [0, 0.05) is 10.9 Å². The number of rotatable bonds is 3. The van der Waals surface area contributed by atoms with Crippen molar-refractivity contribution in [3.63, 3.8) is 0 Å². The monoisotopic (exact) mass is 304 g/mol. The summed E-state index contributed by atoms with van der Waals surface area (Å²) < 4.78 is 1.14. The number of hydrogen-bond donors (Lipinski definition) is 1. The molecule has 3 rings (SSSR count). The molecular weight excluding hydrogens is 288 g/mol. The summed E-state index contributed by atoms with van der Waals surface area (Å²) in [6.45, 7) is 1.01. The molecule has 1 fully saturated rings. The fraction of sp³-hybridized carbons (Fsp3) is 0.533. The van der Waals surface area contributed by atoms with Crippen molar-refractivity contribution in [2.24, 2.45) is 5.92 Å². The molecule has 0 bridgehead atoms. The number of aryl methyl sites for hydroxylation is 1. The van der Waals surface area contributed by atoms with Crippen LogP contribution in [0.3, 0.4) is 0 Å². The summed E-state index contributed by atoms with van der Waals surface area (Å²) >= 11 is 3.51. The fourth-order valence-electron chi connectivity index (χ4n) is 2.71. The third-order valence-electron chi connectivity index (χ3n) is 4.12. The summed E-state index contributed by atoms with van der Waals surface area (Å²) in [6.07, 6.45) is 5.44. The van der Waals surface area contributed by atoms with Gasteiger partial charge < -0.3 is 0 Å². The van der Waals surface area contributed by atoms with Crippen molar-refractivity contribution in [2.45, 2.75) is 37.6 Å². The normalized spacial score (nSPS) is 26.4. The molecule has 2 aliphatic rings. The Balaban J connectivity index is 1.78. The highest BCUT2D eigenvalue weighted by Gasteiger charge is 2.35. The van der Waals surface area contributed by atoms with Crippen LogP contribution >= 0.6 is 15.9 Å². The average Bonchev–Trinajstić information content (AvgIpc) is 3.20. The first kappa shape index (κ1) is 12.2. The summed E-state index contributed by atoms with van der Waals surface area (Å²) in [4.78, 5) is 0. The van der Waals surface area contributed by atoms with E-state index in [1.54, 1.807) is 0 Å². The van der Waals surface area contributed by atoms with Gasteiger partial charge in [-0.2, -0.15) is 5.26 Å². The molecule has 1 atom stereocenters. The molecule has 0 aromatic heterocycles. The van der Waals surface area contributed by atoms with Crippen LogP contribution in [-0.4, -0.2) is 12.1 Å². The van der Waals surface area contributed by atoms with E-state index in [1.165, 1.54) is 24.0 Å². The highest BCUT2D eigenvalue weighted by Crippen LogP contribution is 2.33. The van der Waals surface area contributed by atoms with Gasteiger partial charge in [-0.1, -0.05) is 22.0 Å². The van der Waals surface area contributed by atoms with Crippen LogP contribution < -0.4 is 5.32 Å². The van der Waals surface area contributed by atoms with Gasteiger partial charge in [0.1, 0.15) is 5.54 Å². The van der Waals surface area contributed by atoms with Crippen molar-refractivity contribution >= 4 is 15.9 Å². The zero-order valence-corrected chi connectivity index (χ0v) is 12.0. The van der Waals surface area contributed by atoms with Gasteiger partial charge in [0.25, 0.3) is 0 Å². The molecule has 2 aliphatic carbocycles. The Hall–Kier alpha value is -0.850. The molecule has 0 aliphatic heterocycles. The number of halogens is 1. The van der Waals surface area contributed by atoms with E-state index in [2.05, 4.69) is 45.5 Å². The van der Waals surface area contributed by atoms with Crippen LogP contribution in [0.1, 0.15) is 30.4 Å². The maximum absolute atomic E-state index is 9.53. The third kappa shape index (κ3) is 2.46. The van der Waals surface area contributed by atoms with E-state index in [0.29, 0.717) is 0 Å². The van der Waals surface area contributed by atoms with Gasteiger partial charge in [0.2, 0.25) is 0 Å². The van der Waals surface area contributed by atoms with Crippen LogP contribution in [0.15, 0.2) is 22.7 Å². The predicted octanol–water partition coefficient (Wildman–Crippen LogP) is 3.20. The van der Waals surface area contributed by atoms with Crippen molar-refractivity contribution in [1.82, 2.24) is 5.32 Å². The Kier molecular flexibility index (Phi) is 3.17. The van der Waals surface area contributed by atoms with E-state index in [4.69, 9.17) is 0 Å². The zero-order valence-electron chi connectivity index (χ0n) is 10.4. The largest absolute Gasteiger partial charge is 0.299 e. The molecule has 1 aromatic rings. The molecule has 0 amide bonds. The molecule has 0 radical (unpaired) electrons. The molecule has 0 heterocycles. The second kappa shape index (κ2) is 4.68. The molecule has 1 saturated carbocycles. The number of nitrogens with zero attached hydrogens (tertiary/aromatic N) is 1. The van der Waals surface area contributed by atoms with Gasteiger partial charge in [-0.05, 0) is 61.4 Å². The Morgan fingerprint density at radius 1 is 1.39 bits per heavy atom. The Morgan fingerprint density at radius 3 is 2.94 bits per heavy atom. The Bertz CT molecular complexity index is 502. The van der Waals surface area contributed by atoms with Crippen molar-refractivity contribution in [3.05, 3.63) is 33.8 Å². The highest BCUT2D eigenvalue weighted by molar-refractivity contribution is 9.10. The number of hydrogen-bond acceptors (Lipinski definition) is 2. The van der Waals surface area contributed by atoms with E-state index in [1.807, 2.05) is 0 Å². The van der Waals surface area contributed by atoms with Crippen molar-refractivity contribution in [1.29, 1.82) is 5.26 Å². The van der Waals surface area contributed by atoms with Crippen molar-refractivity contribution in [3.8, 4) is 6.07 Å². The fourth-order valence-corrected chi connectivity index (χ4v) is 3.12. The van der Waals surface area contributed by atoms with Gasteiger partial charge in [0.15, 0.2) is 0 Å². The molecule has 1 aromatic carbocycles. The summed E-state index contributed by atoms with van der Waals surface area (Å²) in [5.74, 6) is 0.821. The second-order valence-corrected chi connectivity index (χ2v) is 6.52. The summed E-state index contributed by atoms with van der Waals surface area (Å²) in [6, 6.07) is 8.96. The molecule has 0 spiro atoms. The van der Waals surface area contributed by atoms with Crippen LogP contribution in [0.5, 0.6) is 0 Å². The van der Waals surface area contributed by atoms with E-state index in [-0.39, 0.29) is 5.54 Å². The molecule has 1 unspecified atom stereocenters. The third-order valence-corrected chi connectivity index (χ3v) is 4.61. The van der Waals surface area contributed by atoms with E-state index in [9.17, 15) is 5.26 Å². The van der Waals surface area contributed by atoms with Crippen molar-refractivity contribution in [2.75, 3.05) is 6.54 Å². The molecule has 1 N–H and O–H groups in total. The van der Waals surface area contributed by atoms with Crippen LogP contribution in [0, 0.1) is 17.2 Å². The Labute approximate surface area is 117 Å². The van der Waals surface area contributed by atoms with E-state index < -0.39 is 0 Å². The minimum atomic E-state index is -0.330. The van der Waals surface area contributed by atoms with Gasteiger partial charge in [0.05, 0.1) is 6.07 Å². The van der Waals surface area contributed by atoms with Gasteiger partial charge >= 0.3 is 0 Å². The van der Waals surface area contributed by atoms with Crippen LogP contribution in [0.4, 0.5) is 0 Å². The van der Waals surface area contributed by atoms with Crippen LogP contribution in [0.2, 0.25) is 0 Å². The molecule has 3 heteroatoms. The topological polar surface area (TPSA) is 35.8 Å². The SMILES string of the molecule is N#CC1(NCC2CC2)CCc2cc(Br)ccc2C1. The summed E-state index contributed by atoms with van der Waals surface area (Å²) in [7, 11) is 0. The van der Waals surface area contributed by atoms with Gasteiger partial charge in [-0.25, -0.2) is 0 Å². The lowest BCUT2D eigenvalue weighted by molar-refractivity contribution is 0.360. The quantitative estimate of drug-likeness (QED) is 0.931. The summed E-state index contributed by atoms with van der Waals surface area (Å²) in [5, 5.41) is 13.1. The standard InChI is InChI=1S/C15H17BrN2/c16-14-4-3-13-8-15(10-17,6-5-12(13)7-14)18-9-11-1-2-11/h3-4,7,11,18H,1-2,5-6,8-9H2. The molecule has 2 nitrogen and oxygen atoms in total. The van der Waals surface area contributed by atoms with E-state index in [0.717, 1.165) is 36.2 Å². The molecular formula is C15H17BrN2. The van der Waals surface area contributed by atoms with Crippen LogP contribution in [0.25, 0.3) is 0 Å². The Morgan fingerprint density at radius 2 is 2.22 bits per heavy atom. The maximum atomic E-state index is 9.53. The van der Waals surface area contributed by atoms with Crippen molar-refractivity contribution < 1.29 is 0 Å².